The normalized spacial score (nSPS) is 22.5. The maximum atomic E-state index is 10.9. The van der Waals surface area contributed by atoms with Gasteiger partial charge in [-0.15, -0.1) is 0 Å². The number of halogens is 1. The molecular weight excluding hydrogens is 186 g/mol. The van der Waals surface area contributed by atoms with E-state index in [0.29, 0.717) is 0 Å². The lowest BCUT2D eigenvalue weighted by molar-refractivity contribution is 0.239. The molecule has 0 saturated carbocycles. The molecule has 0 saturated heterocycles. The van der Waals surface area contributed by atoms with Crippen LogP contribution in [0.5, 0.6) is 0 Å². The number of allylic oxidation sites excluding steroid dienone is 2. The number of nitrogens with zero attached hydrogens (tertiary/aromatic N) is 1. The van der Waals surface area contributed by atoms with Crippen LogP contribution in [0.15, 0.2) is 11.8 Å². The number of amides is 1. The number of hydrogen-bond acceptors (Lipinski definition) is 1. The minimum atomic E-state index is -0.383. The molecule has 0 N–H and O–H groups in total. The van der Waals surface area contributed by atoms with Crippen molar-refractivity contribution in [1.82, 2.24) is 4.90 Å². The fraction of sp³-hybridized carbons (Fsp3) is 0.700. The van der Waals surface area contributed by atoms with Crippen molar-refractivity contribution >= 4 is 17.0 Å². The van der Waals surface area contributed by atoms with Crippen molar-refractivity contribution in [3.05, 3.63) is 11.8 Å². The molecule has 1 rings (SSSR count). The van der Waals surface area contributed by atoms with Crippen LogP contribution in [0.4, 0.5) is 4.79 Å². The first-order valence-electron chi connectivity index (χ1n) is 4.84. The Bertz CT molecular complexity index is 213. The minimum Gasteiger partial charge on any atom is -0.306 e. The summed E-state index contributed by atoms with van der Waals surface area (Å²) in [4.78, 5) is 12.4. The zero-order valence-electron chi connectivity index (χ0n) is 8.05. The van der Waals surface area contributed by atoms with Crippen LogP contribution in [0.2, 0.25) is 0 Å². The molecule has 0 atom stereocenters. The molecule has 0 aromatic heterocycles. The van der Waals surface area contributed by atoms with Crippen molar-refractivity contribution in [2.45, 2.75) is 38.5 Å². The van der Waals surface area contributed by atoms with E-state index in [9.17, 15) is 4.79 Å². The van der Waals surface area contributed by atoms with E-state index in [1.807, 2.05) is 0 Å². The largest absolute Gasteiger partial charge is 0.320 e. The summed E-state index contributed by atoms with van der Waals surface area (Å²) in [6, 6.07) is 0. The van der Waals surface area contributed by atoms with E-state index in [0.717, 1.165) is 18.5 Å². The van der Waals surface area contributed by atoms with Crippen LogP contribution >= 0.6 is 11.6 Å². The van der Waals surface area contributed by atoms with E-state index in [2.05, 4.69) is 6.08 Å². The van der Waals surface area contributed by atoms with Gasteiger partial charge in [-0.1, -0.05) is 18.9 Å². The van der Waals surface area contributed by atoms with Gasteiger partial charge in [0.1, 0.15) is 0 Å². The van der Waals surface area contributed by atoms with Gasteiger partial charge in [-0.2, -0.15) is 0 Å². The summed E-state index contributed by atoms with van der Waals surface area (Å²) in [6.07, 6.45) is 9.16. The Morgan fingerprint density at radius 2 is 2.08 bits per heavy atom. The highest BCUT2D eigenvalue weighted by molar-refractivity contribution is 6.63. The molecule has 0 spiro atoms. The first kappa shape index (κ1) is 10.6. The first-order chi connectivity index (χ1) is 6.22. The van der Waals surface area contributed by atoms with Gasteiger partial charge in [0, 0.05) is 12.7 Å². The lowest BCUT2D eigenvalue weighted by Crippen LogP contribution is -2.20. The van der Waals surface area contributed by atoms with Crippen molar-refractivity contribution in [3.8, 4) is 0 Å². The van der Waals surface area contributed by atoms with Gasteiger partial charge in [-0.25, -0.2) is 0 Å². The fourth-order valence-electron chi connectivity index (χ4n) is 1.59. The fourth-order valence-corrected chi connectivity index (χ4v) is 1.70. The SMILES string of the molecule is CN(C(=O)Cl)/C1=C/CCCCCC1. The zero-order valence-corrected chi connectivity index (χ0v) is 8.81. The second-order valence-corrected chi connectivity index (χ2v) is 3.78. The lowest BCUT2D eigenvalue weighted by atomic mass is 10.0. The van der Waals surface area contributed by atoms with E-state index in [1.54, 1.807) is 11.9 Å². The van der Waals surface area contributed by atoms with Gasteiger partial charge in [-0.3, -0.25) is 4.79 Å². The number of carbonyl (C=O) groups excluding carboxylic acids is 1. The lowest BCUT2D eigenvalue weighted by Gasteiger charge is -2.19. The van der Waals surface area contributed by atoms with Gasteiger partial charge in [0.05, 0.1) is 0 Å². The molecule has 74 valence electrons. The molecule has 0 aliphatic heterocycles. The molecule has 1 amide bonds. The Kier molecular flexibility index (Phi) is 4.29. The summed E-state index contributed by atoms with van der Waals surface area (Å²) in [5, 5.41) is -0.383. The van der Waals surface area contributed by atoms with E-state index in [1.165, 1.54) is 25.7 Å². The molecule has 13 heavy (non-hydrogen) atoms. The summed E-state index contributed by atoms with van der Waals surface area (Å²) >= 11 is 5.40. The van der Waals surface area contributed by atoms with Gasteiger partial charge in [0.25, 0.3) is 0 Å². The summed E-state index contributed by atoms with van der Waals surface area (Å²) < 4.78 is 0. The quantitative estimate of drug-likeness (QED) is 0.470. The van der Waals surface area contributed by atoms with Crippen LogP contribution < -0.4 is 0 Å². The summed E-state index contributed by atoms with van der Waals surface area (Å²) in [5.41, 5.74) is 1.08. The number of carbonyl (C=O) groups is 1. The number of hydrogen-bond donors (Lipinski definition) is 0. The van der Waals surface area contributed by atoms with Gasteiger partial charge in [0.15, 0.2) is 0 Å². The van der Waals surface area contributed by atoms with Crippen LogP contribution in [0.3, 0.4) is 0 Å². The smallest absolute Gasteiger partial charge is 0.306 e. The van der Waals surface area contributed by atoms with Gasteiger partial charge < -0.3 is 4.90 Å². The van der Waals surface area contributed by atoms with Crippen molar-refractivity contribution in [2.75, 3.05) is 7.05 Å². The second kappa shape index (κ2) is 5.28. The highest BCUT2D eigenvalue weighted by Crippen LogP contribution is 2.19. The van der Waals surface area contributed by atoms with E-state index >= 15 is 0 Å². The topological polar surface area (TPSA) is 20.3 Å². The standard InChI is InChI=1S/C10H16ClNO/c1-12(10(11)13)9-7-5-3-2-4-6-8-9/h7H,2-6,8H2,1H3/b9-7+. The summed E-state index contributed by atoms with van der Waals surface area (Å²) in [6.45, 7) is 0. The first-order valence-corrected chi connectivity index (χ1v) is 5.22. The summed E-state index contributed by atoms with van der Waals surface area (Å²) in [5.74, 6) is 0. The molecule has 0 heterocycles. The van der Waals surface area contributed by atoms with Gasteiger partial charge in [-0.05, 0) is 37.3 Å². The van der Waals surface area contributed by atoms with E-state index < -0.39 is 0 Å². The molecule has 0 aromatic rings. The Morgan fingerprint density at radius 3 is 2.77 bits per heavy atom. The van der Waals surface area contributed by atoms with Gasteiger partial charge >= 0.3 is 5.37 Å². The Balaban J connectivity index is 2.58. The van der Waals surface area contributed by atoms with Crippen LogP contribution in [0.1, 0.15) is 38.5 Å². The predicted octanol–water partition coefficient (Wildman–Crippen LogP) is 3.52. The highest BCUT2D eigenvalue weighted by atomic mass is 35.5. The molecule has 0 aromatic carbocycles. The van der Waals surface area contributed by atoms with Crippen LogP contribution in [0, 0.1) is 0 Å². The van der Waals surface area contributed by atoms with E-state index in [4.69, 9.17) is 11.6 Å². The molecule has 3 heteroatoms. The summed E-state index contributed by atoms with van der Waals surface area (Å²) in [7, 11) is 1.74. The molecule has 2 nitrogen and oxygen atoms in total. The zero-order chi connectivity index (χ0) is 9.68. The maximum Gasteiger partial charge on any atom is 0.320 e. The Hall–Kier alpha value is -0.500. The molecular formula is C10H16ClNO. The molecule has 0 bridgehead atoms. The second-order valence-electron chi connectivity index (χ2n) is 3.46. The molecule has 0 fully saturated rings. The monoisotopic (exact) mass is 201 g/mol. The third-order valence-electron chi connectivity index (χ3n) is 2.46. The Labute approximate surface area is 84.6 Å². The molecule has 1 aliphatic carbocycles. The van der Waals surface area contributed by atoms with Crippen LogP contribution in [-0.2, 0) is 0 Å². The predicted molar refractivity (Wildman–Crippen MR) is 54.8 cm³/mol. The number of rotatable bonds is 1. The minimum absolute atomic E-state index is 0.383. The van der Waals surface area contributed by atoms with Crippen LogP contribution in [0.25, 0.3) is 0 Å². The van der Waals surface area contributed by atoms with Crippen molar-refractivity contribution in [1.29, 1.82) is 0 Å². The molecule has 0 unspecified atom stereocenters. The van der Waals surface area contributed by atoms with Crippen molar-refractivity contribution < 1.29 is 4.79 Å². The molecule has 0 radical (unpaired) electrons. The third kappa shape index (κ3) is 3.39. The average molecular weight is 202 g/mol. The maximum absolute atomic E-state index is 10.9. The van der Waals surface area contributed by atoms with Crippen molar-refractivity contribution in [2.24, 2.45) is 0 Å². The molecule has 1 aliphatic rings. The average Bonchev–Trinajstić information content (AvgIpc) is 2.02. The highest BCUT2D eigenvalue weighted by Gasteiger charge is 2.11. The van der Waals surface area contributed by atoms with Crippen molar-refractivity contribution in [3.63, 3.8) is 0 Å². The van der Waals surface area contributed by atoms with E-state index in [-0.39, 0.29) is 5.37 Å². The Morgan fingerprint density at radius 1 is 1.38 bits per heavy atom. The van der Waals surface area contributed by atoms with Crippen LogP contribution in [-0.4, -0.2) is 17.3 Å². The third-order valence-corrected chi connectivity index (χ3v) is 2.72. The van der Waals surface area contributed by atoms with Gasteiger partial charge in [0.2, 0.25) is 0 Å².